The van der Waals surface area contributed by atoms with Crippen molar-refractivity contribution in [3.8, 4) is 11.4 Å². The van der Waals surface area contributed by atoms with Gasteiger partial charge in [-0.25, -0.2) is 4.79 Å². The summed E-state index contributed by atoms with van der Waals surface area (Å²) < 4.78 is 6.75. The molecule has 3 rings (SSSR count). The standard InChI is InChI=1S/C17H23N7O4/c1-3-23(9-16(25)26)13-6-12(7-13)20-17(27)19-11-4-5-15(28-2)14(8-11)24-10-18-21-22-24/h4-5,8,10,12-13H,3,6-7,9H2,1-2H3,(H,25,26)(H2,19,20,27). The smallest absolute Gasteiger partial charge is 0.319 e. The van der Waals surface area contributed by atoms with Gasteiger partial charge in [-0.2, -0.15) is 4.68 Å². The number of aromatic nitrogens is 4. The molecule has 1 aromatic carbocycles. The monoisotopic (exact) mass is 389 g/mol. The highest BCUT2D eigenvalue weighted by atomic mass is 16.5. The van der Waals surface area contributed by atoms with E-state index >= 15 is 0 Å². The van der Waals surface area contributed by atoms with Crippen molar-refractivity contribution in [1.82, 2.24) is 30.4 Å². The van der Waals surface area contributed by atoms with Crippen molar-refractivity contribution in [1.29, 1.82) is 0 Å². The number of anilines is 1. The van der Waals surface area contributed by atoms with E-state index in [1.54, 1.807) is 25.3 Å². The predicted octanol–water partition coefficient (Wildman–Crippen LogP) is 0.730. The molecule has 1 saturated carbocycles. The zero-order valence-corrected chi connectivity index (χ0v) is 15.7. The minimum Gasteiger partial charge on any atom is -0.494 e. The van der Waals surface area contributed by atoms with Crippen molar-refractivity contribution < 1.29 is 19.4 Å². The van der Waals surface area contributed by atoms with E-state index in [9.17, 15) is 9.59 Å². The molecule has 1 aliphatic rings. The summed E-state index contributed by atoms with van der Waals surface area (Å²) >= 11 is 0. The first-order chi connectivity index (χ1) is 13.5. The maximum absolute atomic E-state index is 12.3. The molecule has 150 valence electrons. The number of ether oxygens (including phenoxy) is 1. The summed E-state index contributed by atoms with van der Waals surface area (Å²) in [5, 5.41) is 25.7. The van der Waals surface area contributed by atoms with E-state index in [0.29, 0.717) is 23.7 Å². The number of amides is 2. The van der Waals surface area contributed by atoms with Gasteiger partial charge in [-0.1, -0.05) is 6.92 Å². The molecule has 3 N–H and O–H groups in total. The highest BCUT2D eigenvalue weighted by Gasteiger charge is 2.34. The number of carboxylic acids is 1. The van der Waals surface area contributed by atoms with E-state index in [4.69, 9.17) is 9.84 Å². The molecule has 0 radical (unpaired) electrons. The summed E-state index contributed by atoms with van der Waals surface area (Å²) in [6.45, 7) is 2.62. The zero-order chi connectivity index (χ0) is 20.1. The average Bonchev–Trinajstić information content (AvgIpc) is 3.17. The number of methoxy groups -OCH3 is 1. The fourth-order valence-corrected chi connectivity index (χ4v) is 3.25. The minimum atomic E-state index is -0.839. The Balaban J connectivity index is 1.55. The van der Waals surface area contributed by atoms with Crippen LogP contribution in [0.25, 0.3) is 5.69 Å². The summed E-state index contributed by atoms with van der Waals surface area (Å²) in [6.07, 6.45) is 2.90. The van der Waals surface area contributed by atoms with Gasteiger partial charge in [0.2, 0.25) is 0 Å². The third-order valence-electron chi connectivity index (χ3n) is 4.74. The zero-order valence-electron chi connectivity index (χ0n) is 15.7. The molecular weight excluding hydrogens is 366 g/mol. The van der Waals surface area contributed by atoms with E-state index in [1.165, 1.54) is 11.0 Å². The van der Waals surface area contributed by atoms with Crippen LogP contribution in [-0.4, -0.2) is 74.5 Å². The molecule has 11 heteroatoms. The first-order valence-electron chi connectivity index (χ1n) is 8.95. The summed E-state index contributed by atoms with van der Waals surface area (Å²) in [5.74, 6) is -0.271. The summed E-state index contributed by atoms with van der Waals surface area (Å²) in [6, 6.07) is 5.03. The van der Waals surface area contributed by atoms with Gasteiger partial charge in [0.15, 0.2) is 0 Å². The molecule has 2 amide bonds. The number of tetrazole rings is 1. The van der Waals surface area contributed by atoms with Crippen molar-refractivity contribution in [2.45, 2.75) is 31.8 Å². The van der Waals surface area contributed by atoms with Crippen LogP contribution in [0.5, 0.6) is 5.75 Å². The third kappa shape index (κ3) is 4.55. The number of rotatable bonds is 8. The second kappa shape index (κ2) is 8.65. The van der Waals surface area contributed by atoms with E-state index in [0.717, 1.165) is 12.8 Å². The van der Waals surface area contributed by atoms with Crippen LogP contribution in [0.15, 0.2) is 24.5 Å². The Bertz CT molecular complexity index is 821. The van der Waals surface area contributed by atoms with Gasteiger partial charge >= 0.3 is 12.0 Å². The summed E-state index contributed by atoms with van der Waals surface area (Å²) in [5.41, 5.74) is 1.17. The largest absolute Gasteiger partial charge is 0.494 e. The number of carbonyl (C=O) groups is 2. The number of carbonyl (C=O) groups excluding carboxylic acids is 1. The average molecular weight is 389 g/mol. The van der Waals surface area contributed by atoms with Crippen LogP contribution < -0.4 is 15.4 Å². The van der Waals surface area contributed by atoms with Gasteiger partial charge in [0.25, 0.3) is 0 Å². The van der Waals surface area contributed by atoms with Crippen molar-refractivity contribution in [3.05, 3.63) is 24.5 Å². The molecule has 11 nitrogen and oxygen atoms in total. The first-order valence-corrected chi connectivity index (χ1v) is 8.95. The first kappa shape index (κ1) is 19.5. The number of hydrogen-bond donors (Lipinski definition) is 3. The highest BCUT2D eigenvalue weighted by molar-refractivity contribution is 5.90. The number of aliphatic carboxylic acids is 1. The second-order valence-corrected chi connectivity index (χ2v) is 6.52. The molecule has 1 heterocycles. The van der Waals surface area contributed by atoms with Gasteiger partial charge in [-0.05, 0) is 48.0 Å². The van der Waals surface area contributed by atoms with Crippen molar-refractivity contribution in [2.24, 2.45) is 0 Å². The van der Waals surface area contributed by atoms with Crippen LogP contribution >= 0.6 is 0 Å². The predicted molar refractivity (Wildman–Crippen MR) is 99.6 cm³/mol. The van der Waals surface area contributed by atoms with Gasteiger partial charge in [-0.15, -0.1) is 5.10 Å². The normalized spacial score (nSPS) is 18.4. The van der Waals surface area contributed by atoms with Crippen LogP contribution in [0.1, 0.15) is 19.8 Å². The molecule has 0 aliphatic heterocycles. The molecule has 1 aromatic heterocycles. The number of urea groups is 1. The van der Waals surface area contributed by atoms with Crippen LogP contribution in [0.3, 0.4) is 0 Å². The van der Waals surface area contributed by atoms with E-state index in [-0.39, 0.29) is 24.7 Å². The molecule has 0 spiro atoms. The Morgan fingerprint density at radius 1 is 1.39 bits per heavy atom. The van der Waals surface area contributed by atoms with E-state index in [2.05, 4.69) is 26.2 Å². The van der Waals surface area contributed by atoms with Crippen molar-refractivity contribution in [3.63, 3.8) is 0 Å². The van der Waals surface area contributed by atoms with Crippen LogP contribution in [0.4, 0.5) is 10.5 Å². The maximum Gasteiger partial charge on any atom is 0.319 e. The molecule has 0 unspecified atom stereocenters. The Morgan fingerprint density at radius 2 is 2.18 bits per heavy atom. The van der Waals surface area contributed by atoms with E-state index < -0.39 is 5.97 Å². The summed E-state index contributed by atoms with van der Waals surface area (Å²) in [4.78, 5) is 25.1. The Morgan fingerprint density at radius 3 is 2.79 bits per heavy atom. The second-order valence-electron chi connectivity index (χ2n) is 6.52. The SMILES string of the molecule is CCN(CC(=O)O)C1CC(NC(=O)Nc2ccc(OC)c(-n3cnnn3)c2)C1. The Hall–Kier alpha value is -3.21. The maximum atomic E-state index is 12.3. The van der Waals surface area contributed by atoms with Crippen LogP contribution in [0.2, 0.25) is 0 Å². The van der Waals surface area contributed by atoms with Crippen molar-refractivity contribution >= 4 is 17.7 Å². The number of likely N-dealkylation sites (N-methyl/N-ethyl adjacent to an activating group) is 1. The fraction of sp³-hybridized carbons (Fsp3) is 0.471. The van der Waals surface area contributed by atoms with Gasteiger partial charge in [0, 0.05) is 17.8 Å². The topological polar surface area (TPSA) is 134 Å². The molecule has 1 fully saturated rings. The number of hydrogen-bond acceptors (Lipinski definition) is 7. The quantitative estimate of drug-likeness (QED) is 0.601. The number of nitrogens with one attached hydrogen (secondary N) is 2. The van der Waals surface area contributed by atoms with Crippen molar-refractivity contribution in [2.75, 3.05) is 25.5 Å². The number of carboxylic acid groups (broad SMARTS) is 1. The van der Waals surface area contributed by atoms with Gasteiger partial charge < -0.3 is 20.5 Å². The Kier molecular flexibility index (Phi) is 6.04. The number of nitrogens with zero attached hydrogens (tertiary/aromatic N) is 5. The van der Waals surface area contributed by atoms with Crippen LogP contribution in [0, 0.1) is 0 Å². The molecule has 0 atom stereocenters. The molecular formula is C17H23N7O4. The molecule has 0 saturated heterocycles. The molecule has 0 bridgehead atoms. The molecule has 28 heavy (non-hydrogen) atoms. The lowest BCUT2D eigenvalue weighted by Gasteiger charge is -2.42. The molecule has 2 aromatic rings. The molecule has 1 aliphatic carbocycles. The lowest BCUT2D eigenvalue weighted by Crippen LogP contribution is -2.55. The van der Waals surface area contributed by atoms with Gasteiger partial charge in [0.05, 0.1) is 13.7 Å². The highest BCUT2D eigenvalue weighted by Crippen LogP contribution is 2.27. The van der Waals surface area contributed by atoms with Crippen LogP contribution in [-0.2, 0) is 4.79 Å². The third-order valence-corrected chi connectivity index (χ3v) is 4.74. The number of benzene rings is 1. The summed E-state index contributed by atoms with van der Waals surface area (Å²) in [7, 11) is 1.54. The van der Waals surface area contributed by atoms with E-state index in [1.807, 2.05) is 11.8 Å². The van der Waals surface area contributed by atoms with Gasteiger partial charge in [0.1, 0.15) is 17.8 Å². The van der Waals surface area contributed by atoms with Gasteiger partial charge in [-0.3, -0.25) is 9.69 Å². The lowest BCUT2D eigenvalue weighted by molar-refractivity contribution is -0.139. The lowest BCUT2D eigenvalue weighted by atomic mass is 9.85. The fourth-order valence-electron chi connectivity index (χ4n) is 3.25. The minimum absolute atomic E-state index is 0.0186. The Labute approximate surface area is 161 Å².